The molecule has 0 amide bonds. The summed E-state index contributed by atoms with van der Waals surface area (Å²) >= 11 is 0. The van der Waals surface area contributed by atoms with Crippen LogP contribution < -0.4 is 5.46 Å². The van der Waals surface area contributed by atoms with Crippen molar-refractivity contribution in [2.45, 2.75) is 31.7 Å². The molecule has 1 saturated carbocycles. The summed E-state index contributed by atoms with van der Waals surface area (Å²) in [6.07, 6.45) is 5.21. The van der Waals surface area contributed by atoms with Crippen LogP contribution in [-0.4, -0.2) is 31.9 Å². The summed E-state index contributed by atoms with van der Waals surface area (Å²) in [5.74, 6) is 0. The van der Waals surface area contributed by atoms with Gasteiger partial charge in [-0.05, 0) is 36.8 Å². The average Bonchev–Trinajstić information content (AvgIpc) is 3.01. The highest BCUT2D eigenvalue weighted by Crippen LogP contribution is 2.28. The largest absolute Gasteiger partial charge is 0.300 e. The third kappa shape index (κ3) is 1.96. The molecule has 15 heavy (non-hydrogen) atoms. The van der Waals surface area contributed by atoms with Gasteiger partial charge in [0.15, 0.2) is 0 Å². The van der Waals surface area contributed by atoms with Crippen LogP contribution in [0.4, 0.5) is 0 Å². The van der Waals surface area contributed by atoms with E-state index in [0.29, 0.717) is 0 Å². The molecule has 3 rings (SSSR count). The van der Waals surface area contributed by atoms with Gasteiger partial charge in [0.25, 0.3) is 0 Å². The lowest BCUT2D eigenvalue weighted by Crippen LogP contribution is -2.28. The minimum atomic E-state index is 0.900. The lowest BCUT2D eigenvalue weighted by Gasteiger charge is -2.18. The van der Waals surface area contributed by atoms with Gasteiger partial charge in [0.05, 0.1) is 0 Å². The summed E-state index contributed by atoms with van der Waals surface area (Å²) in [7, 11) is 5.83. The third-order valence-corrected chi connectivity index (χ3v) is 3.63. The molecule has 0 aromatic heterocycles. The molecule has 0 unspecified atom stereocenters. The number of hydrogen-bond acceptors (Lipinski definition) is 1. The standard InChI is InChI=1S/C13H16BN/c14-12-2-1-10-5-7-15(13-3-4-13)8-6-11(10)9-12/h1-2,9,13H,3-8H2. The molecule has 1 aliphatic carbocycles. The van der Waals surface area contributed by atoms with E-state index in [1.807, 2.05) is 6.07 Å². The zero-order valence-corrected chi connectivity index (χ0v) is 9.08. The van der Waals surface area contributed by atoms with Gasteiger partial charge >= 0.3 is 0 Å². The molecule has 2 heteroatoms. The van der Waals surface area contributed by atoms with Crippen molar-refractivity contribution in [1.82, 2.24) is 4.90 Å². The normalized spacial score (nSPS) is 22.1. The number of hydrogen-bond donors (Lipinski definition) is 0. The number of rotatable bonds is 1. The van der Waals surface area contributed by atoms with E-state index in [9.17, 15) is 0 Å². The molecule has 1 fully saturated rings. The van der Waals surface area contributed by atoms with E-state index in [1.54, 1.807) is 0 Å². The van der Waals surface area contributed by atoms with Crippen LogP contribution in [0.1, 0.15) is 24.0 Å². The Morgan fingerprint density at radius 3 is 2.53 bits per heavy atom. The van der Waals surface area contributed by atoms with Crippen LogP contribution in [0.3, 0.4) is 0 Å². The van der Waals surface area contributed by atoms with E-state index in [0.717, 1.165) is 11.5 Å². The van der Waals surface area contributed by atoms with Gasteiger partial charge in [0.2, 0.25) is 0 Å². The first-order valence-corrected chi connectivity index (χ1v) is 5.94. The smallest absolute Gasteiger partial charge is 0.113 e. The maximum atomic E-state index is 5.83. The van der Waals surface area contributed by atoms with Gasteiger partial charge in [-0.15, -0.1) is 0 Å². The minimum absolute atomic E-state index is 0.900. The zero-order chi connectivity index (χ0) is 10.3. The zero-order valence-electron chi connectivity index (χ0n) is 9.08. The summed E-state index contributed by atoms with van der Waals surface area (Å²) in [5.41, 5.74) is 3.89. The van der Waals surface area contributed by atoms with Gasteiger partial charge in [-0.1, -0.05) is 23.7 Å². The number of fused-ring (bicyclic) bond motifs is 1. The maximum absolute atomic E-state index is 5.83. The van der Waals surface area contributed by atoms with Gasteiger partial charge in [-0.25, -0.2) is 0 Å². The molecule has 1 aliphatic heterocycles. The van der Waals surface area contributed by atoms with Crippen molar-refractivity contribution in [3.05, 3.63) is 29.3 Å². The molecule has 1 aromatic rings. The average molecular weight is 197 g/mol. The van der Waals surface area contributed by atoms with E-state index < -0.39 is 0 Å². The molecule has 0 bridgehead atoms. The Kier molecular flexibility index (Phi) is 2.32. The fourth-order valence-corrected chi connectivity index (χ4v) is 2.57. The molecule has 76 valence electrons. The Morgan fingerprint density at radius 2 is 1.80 bits per heavy atom. The van der Waals surface area contributed by atoms with Gasteiger partial charge in [0.1, 0.15) is 7.85 Å². The van der Waals surface area contributed by atoms with Gasteiger partial charge in [-0.3, -0.25) is 4.90 Å². The van der Waals surface area contributed by atoms with Crippen molar-refractivity contribution < 1.29 is 0 Å². The summed E-state index contributed by atoms with van der Waals surface area (Å²) in [4.78, 5) is 2.65. The van der Waals surface area contributed by atoms with Crippen LogP contribution in [0.15, 0.2) is 18.2 Å². The van der Waals surface area contributed by atoms with Crippen LogP contribution >= 0.6 is 0 Å². The van der Waals surface area contributed by atoms with Crippen molar-refractivity contribution in [3.63, 3.8) is 0 Å². The Bertz CT molecular complexity index is 371. The molecule has 2 aliphatic rings. The summed E-state index contributed by atoms with van der Waals surface area (Å²) in [6.45, 7) is 2.46. The van der Waals surface area contributed by atoms with E-state index in [4.69, 9.17) is 7.85 Å². The van der Waals surface area contributed by atoms with Crippen LogP contribution in [0, 0.1) is 0 Å². The maximum Gasteiger partial charge on any atom is 0.113 e. The second-order valence-corrected chi connectivity index (χ2v) is 4.80. The molecule has 0 spiro atoms. The summed E-state index contributed by atoms with van der Waals surface area (Å²) < 4.78 is 0. The highest BCUT2D eigenvalue weighted by Gasteiger charge is 2.29. The highest BCUT2D eigenvalue weighted by atomic mass is 15.2. The second kappa shape index (κ2) is 3.68. The molecular weight excluding hydrogens is 181 g/mol. The van der Waals surface area contributed by atoms with Crippen LogP contribution in [0.2, 0.25) is 0 Å². The Balaban J connectivity index is 1.81. The van der Waals surface area contributed by atoms with Crippen LogP contribution in [0.25, 0.3) is 0 Å². The molecule has 2 radical (unpaired) electrons. The van der Waals surface area contributed by atoms with Crippen molar-refractivity contribution >= 4 is 13.3 Å². The molecule has 0 saturated heterocycles. The lowest BCUT2D eigenvalue weighted by atomic mass is 9.90. The first kappa shape index (κ1) is 9.47. The summed E-state index contributed by atoms with van der Waals surface area (Å²) in [6, 6.07) is 7.30. The van der Waals surface area contributed by atoms with Crippen molar-refractivity contribution in [2.75, 3.05) is 13.1 Å². The lowest BCUT2D eigenvalue weighted by molar-refractivity contribution is 0.277. The van der Waals surface area contributed by atoms with E-state index in [1.165, 1.54) is 49.9 Å². The minimum Gasteiger partial charge on any atom is -0.300 e. The second-order valence-electron chi connectivity index (χ2n) is 4.80. The predicted octanol–water partition coefficient (Wildman–Crippen LogP) is 1.04. The first-order valence-electron chi connectivity index (χ1n) is 5.94. The molecular formula is C13H16BN. The van der Waals surface area contributed by atoms with Crippen molar-refractivity contribution in [1.29, 1.82) is 0 Å². The Morgan fingerprint density at radius 1 is 1.07 bits per heavy atom. The molecule has 0 atom stereocenters. The Labute approximate surface area is 92.9 Å². The molecule has 0 N–H and O–H groups in total. The van der Waals surface area contributed by atoms with Gasteiger partial charge in [-0.2, -0.15) is 0 Å². The van der Waals surface area contributed by atoms with E-state index >= 15 is 0 Å². The topological polar surface area (TPSA) is 3.24 Å². The van der Waals surface area contributed by atoms with Gasteiger partial charge in [0, 0.05) is 19.1 Å². The van der Waals surface area contributed by atoms with Gasteiger partial charge < -0.3 is 0 Å². The monoisotopic (exact) mass is 197 g/mol. The molecule has 1 aromatic carbocycles. The van der Waals surface area contributed by atoms with Crippen molar-refractivity contribution in [3.8, 4) is 0 Å². The first-order chi connectivity index (χ1) is 7.33. The number of benzene rings is 1. The number of nitrogens with zero attached hydrogens (tertiary/aromatic N) is 1. The van der Waals surface area contributed by atoms with Crippen molar-refractivity contribution in [2.24, 2.45) is 0 Å². The predicted molar refractivity (Wildman–Crippen MR) is 63.8 cm³/mol. The fraction of sp³-hybridized carbons (Fsp3) is 0.538. The fourth-order valence-electron chi connectivity index (χ4n) is 2.57. The summed E-state index contributed by atoms with van der Waals surface area (Å²) in [5, 5.41) is 0. The Hall–Kier alpha value is -0.755. The van der Waals surface area contributed by atoms with E-state index in [2.05, 4.69) is 17.0 Å². The van der Waals surface area contributed by atoms with Crippen LogP contribution in [0.5, 0.6) is 0 Å². The third-order valence-electron chi connectivity index (χ3n) is 3.63. The quantitative estimate of drug-likeness (QED) is 0.608. The van der Waals surface area contributed by atoms with E-state index in [-0.39, 0.29) is 0 Å². The SMILES string of the molecule is [B]c1ccc2c(c1)CCN(C1CC1)CC2. The molecule has 1 heterocycles. The van der Waals surface area contributed by atoms with Crippen LogP contribution in [-0.2, 0) is 12.8 Å². The highest BCUT2D eigenvalue weighted by molar-refractivity contribution is 6.32. The molecule has 1 nitrogen and oxygen atoms in total.